The van der Waals surface area contributed by atoms with E-state index >= 15 is 0 Å². The second kappa shape index (κ2) is 10.9. The van der Waals surface area contributed by atoms with Crippen molar-refractivity contribution in [1.82, 2.24) is 25.4 Å². The van der Waals surface area contributed by atoms with E-state index in [0.717, 1.165) is 11.1 Å². The number of hydrogen-bond acceptors (Lipinski definition) is 5. The van der Waals surface area contributed by atoms with Gasteiger partial charge in [-0.1, -0.05) is 56.3 Å². The number of amides is 2. The van der Waals surface area contributed by atoms with Gasteiger partial charge in [-0.25, -0.2) is 9.67 Å². The third-order valence-electron chi connectivity index (χ3n) is 4.75. The topological polar surface area (TPSA) is 98.1 Å². The summed E-state index contributed by atoms with van der Waals surface area (Å²) in [5.41, 5.74) is 2.02. The number of carbonyl (C=O) groups is 2. The molecular weight excluding hydrogens is 394 g/mol. The Morgan fingerprint density at radius 1 is 1.03 bits per heavy atom. The van der Waals surface area contributed by atoms with Crippen molar-refractivity contribution in [3.05, 3.63) is 78.4 Å². The van der Waals surface area contributed by atoms with Crippen molar-refractivity contribution >= 4 is 11.8 Å². The van der Waals surface area contributed by atoms with Crippen LogP contribution in [0.1, 0.15) is 25.0 Å². The van der Waals surface area contributed by atoms with Gasteiger partial charge in [-0.15, -0.1) is 0 Å². The lowest BCUT2D eigenvalue weighted by Gasteiger charge is -2.22. The van der Waals surface area contributed by atoms with E-state index in [1.807, 2.05) is 56.3 Å². The molecule has 2 N–H and O–H groups in total. The molecule has 0 aliphatic heterocycles. The molecule has 2 aromatic carbocycles. The molecule has 1 unspecified atom stereocenters. The van der Waals surface area contributed by atoms with Crippen LogP contribution in [0.2, 0.25) is 0 Å². The first-order valence-electron chi connectivity index (χ1n) is 10.2. The highest BCUT2D eigenvalue weighted by atomic mass is 16.5. The predicted octanol–water partition coefficient (Wildman–Crippen LogP) is 2.16. The van der Waals surface area contributed by atoms with E-state index in [9.17, 15) is 9.59 Å². The summed E-state index contributed by atoms with van der Waals surface area (Å²) in [5.74, 6) is -0.0545. The molecule has 0 radical (unpaired) electrons. The Labute approximate surface area is 181 Å². The number of ether oxygens (including phenoxy) is 1. The van der Waals surface area contributed by atoms with Crippen molar-refractivity contribution in [1.29, 1.82) is 0 Å². The molecule has 31 heavy (non-hydrogen) atoms. The van der Waals surface area contributed by atoms with Crippen LogP contribution in [-0.2, 0) is 22.7 Å². The minimum absolute atomic E-state index is 0.0777. The molecule has 3 rings (SSSR count). The number of aromatic nitrogens is 3. The molecule has 0 saturated carbocycles. The summed E-state index contributed by atoms with van der Waals surface area (Å²) in [4.78, 5) is 29.1. The molecule has 0 fully saturated rings. The van der Waals surface area contributed by atoms with Gasteiger partial charge in [-0.2, -0.15) is 5.10 Å². The Balaban J connectivity index is 1.55. The van der Waals surface area contributed by atoms with Gasteiger partial charge in [0.1, 0.15) is 24.4 Å². The molecule has 0 aliphatic rings. The van der Waals surface area contributed by atoms with Gasteiger partial charge < -0.3 is 15.4 Å². The quantitative estimate of drug-likeness (QED) is 0.523. The van der Waals surface area contributed by atoms with Crippen LogP contribution < -0.4 is 15.4 Å². The number of nitrogens with zero attached hydrogens (tertiary/aromatic N) is 3. The highest BCUT2D eigenvalue weighted by molar-refractivity contribution is 5.88. The van der Waals surface area contributed by atoms with Crippen molar-refractivity contribution in [3.63, 3.8) is 0 Å². The minimum Gasteiger partial charge on any atom is -0.484 e. The fraction of sp³-hybridized carbons (Fsp3) is 0.304. The van der Waals surface area contributed by atoms with Crippen LogP contribution in [0.15, 0.2) is 67.3 Å². The highest BCUT2D eigenvalue weighted by Gasteiger charge is 2.24. The van der Waals surface area contributed by atoms with Gasteiger partial charge in [-0.05, 0) is 29.2 Å². The fourth-order valence-corrected chi connectivity index (χ4v) is 3.08. The summed E-state index contributed by atoms with van der Waals surface area (Å²) in [6.45, 7) is 4.54. The Bertz CT molecular complexity index is 974. The maximum atomic E-state index is 12.8. The number of para-hydroxylation sites is 1. The third-order valence-corrected chi connectivity index (χ3v) is 4.75. The van der Waals surface area contributed by atoms with E-state index in [1.165, 1.54) is 6.33 Å². The van der Waals surface area contributed by atoms with Gasteiger partial charge in [0, 0.05) is 6.54 Å². The first-order chi connectivity index (χ1) is 15.0. The van der Waals surface area contributed by atoms with Crippen LogP contribution in [0.25, 0.3) is 0 Å². The molecule has 3 aromatic rings. The van der Waals surface area contributed by atoms with Gasteiger partial charge >= 0.3 is 0 Å². The van der Waals surface area contributed by atoms with Crippen molar-refractivity contribution < 1.29 is 14.3 Å². The molecule has 1 heterocycles. The van der Waals surface area contributed by atoms with E-state index in [-0.39, 0.29) is 24.3 Å². The minimum atomic E-state index is -0.658. The first-order valence-corrected chi connectivity index (χ1v) is 10.2. The van der Waals surface area contributed by atoms with Crippen molar-refractivity contribution in [2.24, 2.45) is 5.92 Å². The molecular formula is C23H27N5O3. The van der Waals surface area contributed by atoms with Crippen molar-refractivity contribution in [3.8, 4) is 5.75 Å². The third kappa shape index (κ3) is 6.67. The summed E-state index contributed by atoms with van der Waals surface area (Å²) in [6, 6.07) is 16.3. The summed E-state index contributed by atoms with van der Waals surface area (Å²) in [7, 11) is 0. The van der Waals surface area contributed by atoms with Crippen LogP contribution in [0.5, 0.6) is 5.75 Å². The van der Waals surface area contributed by atoms with Crippen LogP contribution in [0.3, 0.4) is 0 Å². The number of hydrogen-bond donors (Lipinski definition) is 2. The molecule has 8 nitrogen and oxygen atoms in total. The molecule has 8 heteroatoms. The number of rotatable bonds is 10. The fourth-order valence-electron chi connectivity index (χ4n) is 3.08. The first kappa shape index (κ1) is 22.0. The molecule has 1 atom stereocenters. The zero-order chi connectivity index (χ0) is 22.1. The Hall–Kier alpha value is -3.68. The second-order valence-electron chi connectivity index (χ2n) is 7.47. The summed E-state index contributed by atoms with van der Waals surface area (Å²) in [5, 5.41) is 9.85. The standard InChI is InChI=1S/C23H27N5O3/c1-17(2)22(27-21(29)14-31-20-10-4-3-5-11-20)23(30)25-12-18-8-6-7-9-19(18)13-28-16-24-15-26-28/h3-11,15-17,22H,12-14H2,1-2H3,(H,25,30)(H,27,29). The highest BCUT2D eigenvalue weighted by Crippen LogP contribution is 2.11. The summed E-state index contributed by atoms with van der Waals surface area (Å²) < 4.78 is 7.19. The van der Waals surface area contributed by atoms with Crippen molar-refractivity contribution in [2.45, 2.75) is 33.0 Å². The lowest BCUT2D eigenvalue weighted by molar-refractivity contribution is -0.131. The maximum Gasteiger partial charge on any atom is 0.258 e. The van der Waals surface area contributed by atoms with Crippen LogP contribution in [-0.4, -0.2) is 39.2 Å². The lowest BCUT2D eigenvalue weighted by atomic mass is 10.0. The summed E-state index contributed by atoms with van der Waals surface area (Å²) in [6.07, 6.45) is 3.14. The van der Waals surface area contributed by atoms with Crippen LogP contribution in [0, 0.1) is 5.92 Å². The average Bonchev–Trinajstić information content (AvgIpc) is 3.29. The molecule has 0 aliphatic carbocycles. The van der Waals surface area contributed by atoms with Gasteiger partial charge in [-0.3, -0.25) is 9.59 Å². The Morgan fingerprint density at radius 2 is 1.74 bits per heavy atom. The number of nitrogens with one attached hydrogen (secondary N) is 2. The van der Waals surface area contributed by atoms with Crippen LogP contribution in [0.4, 0.5) is 0 Å². The normalized spacial score (nSPS) is 11.7. The summed E-state index contributed by atoms with van der Waals surface area (Å²) >= 11 is 0. The predicted molar refractivity (Wildman–Crippen MR) is 116 cm³/mol. The second-order valence-corrected chi connectivity index (χ2v) is 7.47. The van der Waals surface area contributed by atoms with E-state index < -0.39 is 6.04 Å². The maximum absolute atomic E-state index is 12.8. The molecule has 2 amide bonds. The van der Waals surface area contributed by atoms with Gasteiger partial charge in [0.05, 0.1) is 6.54 Å². The number of carbonyl (C=O) groups excluding carboxylic acids is 2. The van der Waals surface area contributed by atoms with E-state index in [2.05, 4.69) is 20.7 Å². The van der Waals surface area contributed by atoms with Gasteiger partial charge in [0.25, 0.3) is 5.91 Å². The zero-order valence-electron chi connectivity index (χ0n) is 17.7. The zero-order valence-corrected chi connectivity index (χ0v) is 17.7. The average molecular weight is 422 g/mol. The van der Waals surface area contributed by atoms with E-state index in [4.69, 9.17) is 4.74 Å². The van der Waals surface area contributed by atoms with E-state index in [1.54, 1.807) is 23.1 Å². The number of benzene rings is 2. The SMILES string of the molecule is CC(C)C(NC(=O)COc1ccccc1)C(=O)NCc1ccccc1Cn1cncn1. The molecule has 0 bridgehead atoms. The van der Waals surface area contributed by atoms with E-state index in [0.29, 0.717) is 18.8 Å². The van der Waals surface area contributed by atoms with Gasteiger partial charge in [0.2, 0.25) is 5.91 Å². The monoisotopic (exact) mass is 421 g/mol. The molecule has 0 saturated heterocycles. The Kier molecular flexibility index (Phi) is 7.75. The molecule has 162 valence electrons. The largest absolute Gasteiger partial charge is 0.484 e. The smallest absolute Gasteiger partial charge is 0.258 e. The van der Waals surface area contributed by atoms with Crippen molar-refractivity contribution in [2.75, 3.05) is 6.61 Å². The molecule has 0 spiro atoms. The van der Waals surface area contributed by atoms with Gasteiger partial charge in [0.15, 0.2) is 6.61 Å². The lowest BCUT2D eigenvalue weighted by Crippen LogP contribution is -2.50. The molecule has 1 aromatic heterocycles. The van der Waals surface area contributed by atoms with Crippen LogP contribution >= 0.6 is 0 Å². The Morgan fingerprint density at radius 3 is 2.42 bits per heavy atom.